The fourth-order valence-corrected chi connectivity index (χ4v) is 1.75. The molecule has 0 aromatic rings. The molecule has 82 valence electrons. The Labute approximate surface area is 87.0 Å². The molecule has 0 amide bonds. The van der Waals surface area contributed by atoms with Crippen molar-refractivity contribution >= 4 is 5.78 Å². The van der Waals surface area contributed by atoms with Gasteiger partial charge in [0.2, 0.25) is 0 Å². The summed E-state index contributed by atoms with van der Waals surface area (Å²) in [4.78, 5) is 11.7. The number of Topliss-reactive ketones (excluding diaryl/α,β-unsaturated/α-hetero) is 1. The van der Waals surface area contributed by atoms with Crippen LogP contribution in [0.3, 0.4) is 0 Å². The summed E-state index contributed by atoms with van der Waals surface area (Å²) in [6, 6.07) is 0. The number of hydrogen-bond acceptors (Lipinski definition) is 2. The summed E-state index contributed by atoms with van der Waals surface area (Å²) < 4.78 is 5.29. The summed E-state index contributed by atoms with van der Waals surface area (Å²) >= 11 is 0. The SMILES string of the molecule is CC(C)(C)C(=O)CCC1CCOCC1. The van der Waals surface area contributed by atoms with E-state index in [0.717, 1.165) is 44.8 Å². The minimum Gasteiger partial charge on any atom is -0.381 e. The topological polar surface area (TPSA) is 26.3 Å². The Morgan fingerprint density at radius 3 is 2.36 bits per heavy atom. The van der Waals surface area contributed by atoms with Gasteiger partial charge in [0.25, 0.3) is 0 Å². The van der Waals surface area contributed by atoms with Crippen molar-refractivity contribution in [2.24, 2.45) is 11.3 Å². The molecule has 0 radical (unpaired) electrons. The molecule has 1 aliphatic heterocycles. The van der Waals surface area contributed by atoms with Gasteiger partial charge in [-0.25, -0.2) is 0 Å². The highest BCUT2D eigenvalue weighted by molar-refractivity contribution is 5.83. The predicted octanol–water partition coefficient (Wildman–Crippen LogP) is 2.81. The highest BCUT2D eigenvalue weighted by Crippen LogP contribution is 2.24. The number of rotatable bonds is 3. The maximum atomic E-state index is 11.7. The summed E-state index contributed by atoms with van der Waals surface area (Å²) in [6.07, 6.45) is 4.07. The average molecular weight is 198 g/mol. The summed E-state index contributed by atoms with van der Waals surface area (Å²) in [5, 5.41) is 0. The second kappa shape index (κ2) is 4.92. The number of ether oxygens (including phenoxy) is 1. The first-order valence-corrected chi connectivity index (χ1v) is 5.61. The maximum Gasteiger partial charge on any atom is 0.138 e. The van der Waals surface area contributed by atoms with Crippen LogP contribution in [0, 0.1) is 11.3 Å². The van der Waals surface area contributed by atoms with E-state index < -0.39 is 0 Å². The van der Waals surface area contributed by atoms with Crippen molar-refractivity contribution < 1.29 is 9.53 Å². The van der Waals surface area contributed by atoms with E-state index in [1.54, 1.807) is 0 Å². The van der Waals surface area contributed by atoms with Crippen molar-refractivity contribution in [1.82, 2.24) is 0 Å². The highest BCUT2D eigenvalue weighted by Gasteiger charge is 2.22. The molecule has 0 aliphatic carbocycles. The van der Waals surface area contributed by atoms with E-state index in [1.165, 1.54) is 0 Å². The van der Waals surface area contributed by atoms with E-state index in [2.05, 4.69) is 0 Å². The van der Waals surface area contributed by atoms with E-state index in [-0.39, 0.29) is 5.41 Å². The third kappa shape index (κ3) is 3.79. The van der Waals surface area contributed by atoms with Gasteiger partial charge in [0, 0.05) is 25.0 Å². The lowest BCUT2D eigenvalue weighted by molar-refractivity contribution is -0.126. The van der Waals surface area contributed by atoms with Gasteiger partial charge in [-0.05, 0) is 25.2 Å². The third-order valence-electron chi connectivity index (χ3n) is 2.96. The van der Waals surface area contributed by atoms with Crippen molar-refractivity contribution in [2.75, 3.05) is 13.2 Å². The summed E-state index contributed by atoms with van der Waals surface area (Å²) in [7, 11) is 0. The second-order valence-corrected chi connectivity index (χ2v) is 5.27. The summed E-state index contributed by atoms with van der Waals surface area (Å²) in [6.45, 7) is 7.76. The zero-order valence-electron chi connectivity index (χ0n) is 9.64. The molecule has 0 N–H and O–H groups in total. The van der Waals surface area contributed by atoms with Crippen LogP contribution < -0.4 is 0 Å². The number of carbonyl (C=O) groups is 1. The van der Waals surface area contributed by atoms with Crippen molar-refractivity contribution in [3.63, 3.8) is 0 Å². The molecular formula is C12H22O2. The van der Waals surface area contributed by atoms with Gasteiger partial charge in [-0.15, -0.1) is 0 Å². The lowest BCUT2D eigenvalue weighted by atomic mass is 9.85. The second-order valence-electron chi connectivity index (χ2n) is 5.27. The zero-order chi connectivity index (χ0) is 10.6. The molecule has 1 fully saturated rings. The Morgan fingerprint density at radius 2 is 1.86 bits per heavy atom. The van der Waals surface area contributed by atoms with E-state index in [0.29, 0.717) is 5.78 Å². The van der Waals surface area contributed by atoms with Crippen LogP contribution in [0.2, 0.25) is 0 Å². The molecule has 1 heterocycles. The van der Waals surface area contributed by atoms with E-state index in [9.17, 15) is 4.79 Å². The van der Waals surface area contributed by atoms with Crippen molar-refractivity contribution in [2.45, 2.75) is 46.5 Å². The smallest absolute Gasteiger partial charge is 0.138 e. The molecule has 0 unspecified atom stereocenters. The summed E-state index contributed by atoms with van der Waals surface area (Å²) in [5.74, 6) is 1.11. The molecule has 14 heavy (non-hydrogen) atoms. The van der Waals surface area contributed by atoms with E-state index in [1.807, 2.05) is 20.8 Å². The minimum absolute atomic E-state index is 0.162. The Bertz CT molecular complexity index is 185. The standard InChI is InChI=1S/C12H22O2/c1-12(2,3)11(13)5-4-10-6-8-14-9-7-10/h10H,4-9H2,1-3H3. The molecule has 0 bridgehead atoms. The molecule has 0 saturated carbocycles. The third-order valence-corrected chi connectivity index (χ3v) is 2.96. The fourth-order valence-electron chi connectivity index (χ4n) is 1.75. The van der Waals surface area contributed by atoms with Crippen LogP contribution in [-0.4, -0.2) is 19.0 Å². The number of carbonyl (C=O) groups excluding carboxylic acids is 1. The molecule has 0 spiro atoms. The highest BCUT2D eigenvalue weighted by atomic mass is 16.5. The molecule has 0 aromatic heterocycles. The molecule has 1 saturated heterocycles. The Kier molecular flexibility index (Phi) is 4.11. The first kappa shape index (κ1) is 11.7. The molecule has 1 rings (SSSR count). The first-order chi connectivity index (χ1) is 6.50. The van der Waals surface area contributed by atoms with Gasteiger partial charge in [-0.1, -0.05) is 20.8 Å². The molecular weight excluding hydrogens is 176 g/mol. The van der Waals surface area contributed by atoms with E-state index >= 15 is 0 Å². The van der Waals surface area contributed by atoms with E-state index in [4.69, 9.17) is 4.74 Å². The summed E-state index contributed by atoms with van der Waals surface area (Å²) in [5.41, 5.74) is -0.162. The van der Waals surface area contributed by atoms with Gasteiger partial charge >= 0.3 is 0 Å². The maximum absolute atomic E-state index is 11.7. The number of ketones is 1. The van der Waals surface area contributed by atoms with Crippen LogP contribution in [0.25, 0.3) is 0 Å². The van der Waals surface area contributed by atoms with Gasteiger partial charge in [0.15, 0.2) is 0 Å². The Hall–Kier alpha value is -0.370. The van der Waals surface area contributed by atoms with Crippen molar-refractivity contribution in [3.8, 4) is 0 Å². The van der Waals surface area contributed by atoms with Gasteiger partial charge in [-0.3, -0.25) is 4.79 Å². The lowest BCUT2D eigenvalue weighted by Gasteiger charge is -2.23. The lowest BCUT2D eigenvalue weighted by Crippen LogP contribution is -2.22. The van der Waals surface area contributed by atoms with Gasteiger partial charge < -0.3 is 4.74 Å². The fraction of sp³-hybridized carbons (Fsp3) is 0.917. The normalized spacial score (nSPS) is 19.6. The van der Waals surface area contributed by atoms with Gasteiger partial charge in [-0.2, -0.15) is 0 Å². The molecule has 0 aromatic carbocycles. The average Bonchev–Trinajstić information content (AvgIpc) is 2.14. The minimum atomic E-state index is -0.162. The van der Waals surface area contributed by atoms with Gasteiger partial charge in [0.05, 0.1) is 0 Å². The van der Waals surface area contributed by atoms with Crippen LogP contribution >= 0.6 is 0 Å². The van der Waals surface area contributed by atoms with Crippen LogP contribution in [0.15, 0.2) is 0 Å². The Balaban J connectivity index is 2.22. The monoisotopic (exact) mass is 198 g/mol. The van der Waals surface area contributed by atoms with Gasteiger partial charge in [0.1, 0.15) is 5.78 Å². The van der Waals surface area contributed by atoms with Crippen LogP contribution in [0.5, 0.6) is 0 Å². The molecule has 2 heteroatoms. The Morgan fingerprint density at radius 1 is 1.29 bits per heavy atom. The van der Waals surface area contributed by atoms with Crippen LogP contribution in [0.4, 0.5) is 0 Å². The number of hydrogen-bond donors (Lipinski definition) is 0. The van der Waals surface area contributed by atoms with Crippen molar-refractivity contribution in [1.29, 1.82) is 0 Å². The quantitative estimate of drug-likeness (QED) is 0.697. The molecule has 2 nitrogen and oxygen atoms in total. The molecule has 0 atom stereocenters. The van der Waals surface area contributed by atoms with Crippen LogP contribution in [0.1, 0.15) is 46.5 Å². The van der Waals surface area contributed by atoms with Crippen molar-refractivity contribution in [3.05, 3.63) is 0 Å². The predicted molar refractivity (Wildman–Crippen MR) is 57.2 cm³/mol. The molecule has 1 aliphatic rings. The zero-order valence-corrected chi connectivity index (χ0v) is 9.64. The first-order valence-electron chi connectivity index (χ1n) is 5.61. The largest absolute Gasteiger partial charge is 0.381 e. The van der Waals surface area contributed by atoms with Crippen LogP contribution in [-0.2, 0) is 9.53 Å².